The minimum absolute atomic E-state index is 0.00272. The Hall–Kier alpha value is -2.68. The molecule has 0 spiro atoms. The molecule has 0 saturated heterocycles. The van der Waals surface area contributed by atoms with E-state index in [9.17, 15) is 19.7 Å². The van der Waals surface area contributed by atoms with E-state index in [4.69, 9.17) is 4.42 Å². The molecule has 0 fully saturated rings. The van der Waals surface area contributed by atoms with Gasteiger partial charge in [-0.15, -0.1) is 0 Å². The van der Waals surface area contributed by atoms with Crippen molar-refractivity contribution in [1.82, 2.24) is 10.9 Å². The number of nitro benzene ring substituents is 1. The molecule has 0 aliphatic carbocycles. The standard InChI is InChI=1S/C13H10BrN3O5/c1-7-8(3-2-4-9(7)17(20)21)12(18)15-16-13(19)10-5-6-11(14)22-10/h2-6H,1H3,(H,15,18)(H,16,19). The van der Waals surface area contributed by atoms with E-state index >= 15 is 0 Å². The first-order valence-electron chi connectivity index (χ1n) is 6.00. The highest BCUT2D eigenvalue weighted by molar-refractivity contribution is 9.10. The van der Waals surface area contributed by atoms with Gasteiger partial charge in [-0.05, 0) is 41.1 Å². The summed E-state index contributed by atoms with van der Waals surface area (Å²) in [6.07, 6.45) is 0. The van der Waals surface area contributed by atoms with E-state index in [-0.39, 0.29) is 22.6 Å². The molecule has 9 heteroatoms. The van der Waals surface area contributed by atoms with Gasteiger partial charge < -0.3 is 4.42 Å². The van der Waals surface area contributed by atoms with Gasteiger partial charge in [0.25, 0.3) is 11.6 Å². The van der Waals surface area contributed by atoms with Crippen molar-refractivity contribution >= 4 is 33.4 Å². The number of hydrogen-bond acceptors (Lipinski definition) is 5. The predicted octanol–water partition coefficient (Wildman–Crippen LogP) is 2.33. The van der Waals surface area contributed by atoms with E-state index in [1.54, 1.807) is 0 Å². The van der Waals surface area contributed by atoms with E-state index < -0.39 is 16.7 Å². The van der Waals surface area contributed by atoms with Crippen molar-refractivity contribution < 1.29 is 18.9 Å². The van der Waals surface area contributed by atoms with Crippen LogP contribution in [-0.4, -0.2) is 16.7 Å². The molecule has 0 bridgehead atoms. The lowest BCUT2D eigenvalue weighted by molar-refractivity contribution is -0.385. The molecule has 2 rings (SSSR count). The second-order valence-corrected chi connectivity index (χ2v) is 5.00. The summed E-state index contributed by atoms with van der Waals surface area (Å²) in [5.41, 5.74) is 4.47. The summed E-state index contributed by atoms with van der Waals surface area (Å²) < 4.78 is 5.40. The van der Waals surface area contributed by atoms with Crippen LogP contribution in [0.4, 0.5) is 5.69 Å². The normalized spacial score (nSPS) is 10.1. The van der Waals surface area contributed by atoms with Gasteiger partial charge in [-0.2, -0.15) is 0 Å². The first-order valence-corrected chi connectivity index (χ1v) is 6.79. The van der Waals surface area contributed by atoms with Crippen molar-refractivity contribution in [2.45, 2.75) is 6.92 Å². The Labute approximate surface area is 132 Å². The van der Waals surface area contributed by atoms with E-state index in [1.807, 2.05) is 0 Å². The summed E-state index contributed by atoms with van der Waals surface area (Å²) in [5, 5.41) is 10.8. The summed E-state index contributed by atoms with van der Waals surface area (Å²) in [7, 11) is 0. The summed E-state index contributed by atoms with van der Waals surface area (Å²) in [4.78, 5) is 34.0. The van der Waals surface area contributed by atoms with Gasteiger partial charge in [0.2, 0.25) is 0 Å². The molecule has 1 aromatic carbocycles. The van der Waals surface area contributed by atoms with Crippen LogP contribution >= 0.6 is 15.9 Å². The first kappa shape index (κ1) is 15.7. The number of hydrazine groups is 1. The van der Waals surface area contributed by atoms with Crippen molar-refractivity contribution in [3.63, 3.8) is 0 Å². The number of hydrogen-bond donors (Lipinski definition) is 2. The van der Waals surface area contributed by atoms with Crippen LogP contribution in [0, 0.1) is 17.0 Å². The van der Waals surface area contributed by atoms with Crippen LogP contribution in [0.25, 0.3) is 0 Å². The third-order valence-corrected chi connectivity index (χ3v) is 3.26. The largest absolute Gasteiger partial charge is 0.444 e. The fraction of sp³-hybridized carbons (Fsp3) is 0.0769. The van der Waals surface area contributed by atoms with E-state index in [0.717, 1.165) is 0 Å². The van der Waals surface area contributed by atoms with E-state index in [2.05, 4.69) is 26.8 Å². The fourth-order valence-corrected chi connectivity index (χ4v) is 2.05. The van der Waals surface area contributed by atoms with Gasteiger partial charge in [0.15, 0.2) is 10.4 Å². The number of nitrogens with zero attached hydrogens (tertiary/aromatic N) is 1. The Balaban J connectivity index is 2.08. The maximum atomic E-state index is 12.0. The van der Waals surface area contributed by atoms with Crippen molar-refractivity contribution in [3.05, 3.63) is 62.0 Å². The van der Waals surface area contributed by atoms with Gasteiger partial charge in [-0.25, -0.2) is 0 Å². The van der Waals surface area contributed by atoms with Crippen LogP contribution in [0.3, 0.4) is 0 Å². The molecule has 0 unspecified atom stereocenters. The van der Waals surface area contributed by atoms with Crippen LogP contribution < -0.4 is 10.9 Å². The molecule has 22 heavy (non-hydrogen) atoms. The van der Waals surface area contributed by atoms with Gasteiger partial charge in [0, 0.05) is 11.6 Å². The highest BCUT2D eigenvalue weighted by atomic mass is 79.9. The van der Waals surface area contributed by atoms with Crippen LogP contribution in [0.15, 0.2) is 39.4 Å². The topological polar surface area (TPSA) is 114 Å². The van der Waals surface area contributed by atoms with Crippen molar-refractivity contribution in [3.8, 4) is 0 Å². The third kappa shape index (κ3) is 3.31. The Morgan fingerprint density at radius 1 is 1.18 bits per heavy atom. The smallest absolute Gasteiger partial charge is 0.305 e. The first-order chi connectivity index (χ1) is 10.4. The summed E-state index contributed by atoms with van der Waals surface area (Å²) in [5.74, 6) is -1.31. The number of benzene rings is 1. The molecule has 1 heterocycles. The zero-order valence-corrected chi connectivity index (χ0v) is 12.8. The van der Waals surface area contributed by atoms with Gasteiger partial charge >= 0.3 is 5.91 Å². The van der Waals surface area contributed by atoms with Crippen LogP contribution in [0.5, 0.6) is 0 Å². The number of amides is 2. The second-order valence-electron chi connectivity index (χ2n) is 4.22. The Kier molecular flexibility index (Phi) is 4.56. The van der Waals surface area contributed by atoms with Crippen molar-refractivity contribution in [1.29, 1.82) is 0 Å². The number of carbonyl (C=O) groups excluding carboxylic acids is 2. The van der Waals surface area contributed by atoms with Gasteiger partial charge in [0.1, 0.15) is 0 Å². The number of nitrogens with one attached hydrogen (secondary N) is 2. The fourth-order valence-electron chi connectivity index (χ4n) is 1.75. The minimum atomic E-state index is -0.667. The molecule has 1 aromatic heterocycles. The summed E-state index contributed by atoms with van der Waals surface area (Å²) in [6, 6.07) is 7.06. The molecule has 8 nitrogen and oxygen atoms in total. The van der Waals surface area contributed by atoms with E-state index in [0.29, 0.717) is 4.67 Å². The lowest BCUT2D eigenvalue weighted by atomic mass is 10.1. The Bertz CT molecular complexity index is 756. The van der Waals surface area contributed by atoms with Gasteiger partial charge in [0.05, 0.1) is 10.5 Å². The maximum Gasteiger partial charge on any atom is 0.305 e. The third-order valence-electron chi connectivity index (χ3n) is 2.83. The number of rotatable bonds is 3. The number of furan rings is 1. The molecule has 2 N–H and O–H groups in total. The zero-order chi connectivity index (χ0) is 16.3. The maximum absolute atomic E-state index is 12.0. The van der Waals surface area contributed by atoms with Gasteiger partial charge in [-0.1, -0.05) is 6.07 Å². The quantitative estimate of drug-likeness (QED) is 0.638. The van der Waals surface area contributed by atoms with Crippen molar-refractivity contribution in [2.75, 3.05) is 0 Å². The van der Waals surface area contributed by atoms with Gasteiger partial charge in [-0.3, -0.25) is 30.6 Å². The molecule has 0 atom stereocenters. The molecule has 0 saturated carbocycles. The minimum Gasteiger partial charge on any atom is -0.444 e. The molecule has 2 aromatic rings. The van der Waals surface area contributed by atoms with Crippen molar-refractivity contribution in [2.24, 2.45) is 0 Å². The SMILES string of the molecule is Cc1c(C(=O)NNC(=O)c2ccc(Br)o2)cccc1[N+](=O)[O-]. The average molecular weight is 368 g/mol. The zero-order valence-electron chi connectivity index (χ0n) is 11.3. The summed E-state index contributed by atoms with van der Waals surface area (Å²) >= 11 is 3.05. The highest BCUT2D eigenvalue weighted by Gasteiger charge is 2.19. The number of carbonyl (C=O) groups is 2. The lowest BCUT2D eigenvalue weighted by Crippen LogP contribution is -2.41. The Morgan fingerprint density at radius 3 is 2.45 bits per heavy atom. The molecule has 0 aliphatic rings. The van der Waals surface area contributed by atoms with E-state index in [1.165, 1.54) is 37.3 Å². The number of halogens is 1. The number of nitro groups is 1. The molecule has 0 radical (unpaired) electrons. The highest BCUT2D eigenvalue weighted by Crippen LogP contribution is 2.20. The molecule has 2 amide bonds. The molecular formula is C13H10BrN3O5. The van der Waals surface area contributed by atoms with Crippen LogP contribution in [0.1, 0.15) is 26.5 Å². The lowest BCUT2D eigenvalue weighted by Gasteiger charge is -2.08. The molecule has 0 aliphatic heterocycles. The summed E-state index contributed by atoms with van der Waals surface area (Å²) in [6.45, 7) is 1.46. The Morgan fingerprint density at radius 2 is 1.86 bits per heavy atom. The predicted molar refractivity (Wildman–Crippen MR) is 79.2 cm³/mol. The monoisotopic (exact) mass is 367 g/mol. The van der Waals surface area contributed by atoms with Crippen LogP contribution in [-0.2, 0) is 0 Å². The van der Waals surface area contributed by atoms with Crippen LogP contribution in [0.2, 0.25) is 0 Å². The average Bonchev–Trinajstić information content (AvgIpc) is 2.91. The second kappa shape index (κ2) is 6.39. The molecular weight excluding hydrogens is 358 g/mol. The molecule has 114 valence electrons.